The molecular formula is C25H22BrN3O. The van der Waals surface area contributed by atoms with Gasteiger partial charge in [0.2, 0.25) is 0 Å². The van der Waals surface area contributed by atoms with Gasteiger partial charge in [-0.2, -0.15) is 5.26 Å². The number of nitrogens with one attached hydrogen (secondary N) is 2. The zero-order valence-corrected chi connectivity index (χ0v) is 18.0. The summed E-state index contributed by atoms with van der Waals surface area (Å²) in [6.07, 6.45) is 2.26. The highest BCUT2D eigenvalue weighted by Crippen LogP contribution is 2.22. The van der Waals surface area contributed by atoms with Crippen molar-refractivity contribution in [3.05, 3.63) is 118 Å². The second-order valence-corrected chi connectivity index (χ2v) is 7.55. The number of halogens is 1. The molecule has 2 N–H and O–H groups in total. The maximum Gasteiger partial charge on any atom is 0.264 e. The Morgan fingerprint density at radius 3 is 2.07 bits per heavy atom. The molecule has 0 aliphatic rings. The summed E-state index contributed by atoms with van der Waals surface area (Å²) < 4.78 is 1.04. The van der Waals surface area contributed by atoms with Gasteiger partial charge in [0.1, 0.15) is 11.6 Å². The number of amides is 1. The fourth-order valence-electron chi connectivity index (χ4n) is 3.09. The van der Waals surface area contributed by atoms with Gasteiger partial charge in [0.25, 0.3) is 5.91 Å². The predicted octanol–water partition coefficient (Wildman–Crippen LogP) is 4.89. The number of rotatable bonds is 8. The quantitative estimate of drug-likeness (QED) is 0.286. The lowest BCUT2D eigenvalue weighted by Crippen LogP contribution is -2.31. The fraction of sp³-hybridized carbons (Fsp3) is 0.120. The van der Waals surface area contributed by atoms with Gasteiger partial charge in [0.15, 0.2) is 0 Å². The summed E-state index contributed by atoms with van der Waals surface area (Å²) in [6.45, 7) is 0.613. The molecule has 3 aromatic carbocycles. The lowest BCUT2D eigenvalue weighted by Gasteiger charge is -2.19. The van der Waals surface area contributed by atoms with Crippen LogP contribution in [0.2, 0.25) is 0 Å². The van der Waals surface area contributed by atoms with E-state index >= 15 is 0 Å². The van der Waals surface area contributed by atoms with Crippen LogP contribution in [-0.4, -0.2) is 12.5 Å². The Morgan fingerprint density at radius 2 is 1.50 bits per heavy atom. The Kier molecular flexibility index (Phi) is 7.82. The maximum absolute atomic E-state index is 12.8. The van der Waals surface area contributed by atoms with E-state index in [1.807, 2.05) is 91.0 Å². The van der Waals surface area contributed by atoms with Gasteiger partial charge in [-0.15, -0.1) is 0 Å². The standard InChI is InChI=1S/C25H22BrN3O/c26-23-14-8-7-9-19(23)15-16-28-18-22(17-27)25(30)29-24(20-10-3-1-4-11-20)21-12-5-2-6-13-21/h1-14,18,24,28H,15-16H2,(H,29,30)/b22-18-. The molecule has 0 aromatic heterocycles. The molecule has 0 atom stereocenters. The SMILES string of the molecule is N#C/C(=C/NCCc1ccccc1Br)C(=O)NC(c1ccccc1)c1ccccc1. The van der Waals surface area contributed by atoms with Crippen molar-refractivity contribution in [1.82, 2.24) is 10.6 Å². The van der Waals surface area contributed by atoms with Gasteiger partial charge in [-0.3, -0.25) is 4.79 Å². The minimum Gasteiger partial charge on any atom is -0.389 e. The normalized spacial score (nSPS) is 11.0. The number of nitrogens with zero attached hydrogens (tertiary/aromatic N) is 1. The van der Waals surface area contributed by atoms with Crippen LogP contribution in [0.15, 0.2) is 101 Å². The lowest BCUT2D eigenvalue weighted by molar-refractivity contribution is -0.117. The number of hydrogen-bond acceptors (Lipinski definition) is 3. The molecule has 0 fully saturated rings. The molecule has 5 heteroatoms. The summed E-state index contributed by atoms with van der Waals surface area (Å²) in [7, 11) is 0. The third kappa shape index (κ3) is 5.82. The van der Waals surface area contributed by atoms with Crippen molar-refractivity contribution in [1.29, 1.82) is 5.26 Å². The Bertz CT molecular complexity index is 1000. The topological polar surface area (TPSA) is 64.9 Å². The van der Waals surface area contributed by atoms with Gasteiger partial charge >= 0.3 is 0 Å². The minimum absolute atomic E-state index is 0.0407. The smallest absolute Gasteiger partial charge is 0.264 e. The van der Waals surface area contributed by atoms with Crippen molar-refractivity contribution in [2.24, 2.45) is 0 Å². The van der Waals surface area contributed by atoms with E-state index in [1.54, 1.807) is 0 Å². The van der Waals surface area contributed by atoms with Crippen LogP contribution < -0.4 is 10.6 Å². The highest BCUT2D eigenvalue weighted by Gasteiger charge is 2.19. The van der Waals surface area contributed by atoms with E-state index in [0.717, 1.165) is 27.6 Å². The number of benzene rings is 3. The van der Waals surface area contributed by atoms with E-state index in [2.05, 4.69) is 26.6 Å². The predicted molar refractivity (Wildman–Crippen MR) is 122 cm³/mol. The third-order valence-electron chi connectivity index (χ3n) is 4.65. The lowest BCUT2D eigenvalue weighted by atomic mass is 9.98. The fourth-order valence-corrected chi connectivity index (χ4v) is 3.57. The van der Waals surface area contributed by atoms with Gasteiger partial charge in [0.05, 0.1) is 6.04 Å². The van der Waals surface area contributed by atoms with Crippen LogP contribution >= 0.6 is 15.9 Å². The first-order valence-corrected chi connectivity index (χ1v) is 10.5. The van der Waals surface area contributed by atoms with E-state index in [-0.39, 0.29) is 11.6 Å². The molecule has 0 heterocycles. The van der Waals surface area contributed by atoms with Crippen molar-refractivity contribution >= 4 is 21.8 Å². The average molecular weight is 460 g/mol. The van der Waals surface area contributed by atoms with E-state index in [1.165, 1.54) is 6.20 Å². The second-order valence-electron chi connectivity index (χ2n) is 6.69. The highest BCUT2D eigenvalue weighted by molar-refractivity contribution is 9.10. The van der Waals surface area contributed by atoms with Gasteiger partial charge < -0.3 is 10.6 Å². The highest BCUT2D eigenvalue weighted by atomic mass is 79.9. The molecule has 0 aliphatic heterocycles. The Hall–Kier alpha value is -3.36. The first-order valence-electron chi connectivity index (χ1n) is 9.67. The Morgan fingerprint density at radius 1 is 0.933 bits per heavy atom. The summed E-state index contributed by atoms with van der Waals surface area (Å²) in [5.74, 6) is -0.413. The first-order chi connectivity index (χ1) is 14.7. The number of carbonyl (C=O) groups is 1. The third-order valence-corrected chi connectivity index (χ3v) is 5.42. The van der Waals surface area contributed by atoms with Crippen LogP contribution in [0.1, 0.15) is 22.7 Å². The van der Waals surface area contributed by atoms with Crippen LogP contribution in [0.25, 0.3) is 0 Å². The molecule has 0 radical (unpaired) electrons. The van der Waals surface area contributed by atoms with Crippen LogP contribution in [0.3, 0.4) is 0 Å². The number of carbonyl (C=O) groups excluding carboxylic acids is 1. The largest absolute Gasteiger partial charge is 0.389 e. The van der Waals surface area contributed by atoms with Crippen LogP contribution in [0, 0.1) is 11.3 Å². The van der Waals surface area contributed by atoms with Crippen molar-refractivity contribution in [2.75, 3.05) is 6.54 Å². The first kappa shape index (κ1) is 21.4. The minimum atomic E-state index is -0.413. The van der Waals surface area contributed by atoms with E-state index in [4.69, 9.17) is 0 Å². The summed E-state index contributed by atoms with van der Waals surface area (Å²) in [5.41, 5.74) is 3.11. The molecule has 0 saturated carbocycles. The molecule has 0 saturated heterocycles. The van der Waals surface area contributed by atoms with Gasteiger partial charge in [-0.1, -0.05) is 94.8 Å². The van der Waals surface area contributed by atoms with E-state index < -0.39 is 5.91 Å². The summed E-state index contributed by atoms with van der Waals surface area (Å²) in [4.78, 5) is 12.8. The second kappa shape index (κ2) is 11.0. The maximum atomic E-state index is 12.8. The average Bonchev–Trinajstić information content (AvgIpc) is 2.79. The van der Waals surface area contributed by atoms with Crippen molar-refractivity contribution < 1.29 is 4.79 Å². The molecule has 30 heavy (non-hydrogen) atoms. The zero-order chi connectivity index (χ0) is 21.2. The monoisotopic (exact) mass is 459 g/mol. The van der Waals surface area contributed by atoms with Crippen molar-refractivity contribution in [3.63, 3.8) is 0 Å². The molecule has 0 spiro atoms. The van der Waals surface area contributed by atoms with Crippen molar-refractivity contribution in [3.8, 4) is 6.07 Å². The van der Waals surface area contributed by atoms with Crippen LogP contribution in [0.5, 0.6) is 0 Å². The Labute approximate surface area is 185 Å². The summed E-state index contributed by atoms with van der Waals surface area (Å²) >= 11 is 3.53. The molecule has 3 aromatic rings. The molecule has 3 rings (SSSR count). The van der Waals surface area contributed by atoms with Gasteiger partial charge in [-0.05, 0) is 29.2 Å². The Balaban J connectivity index is 1.68. The molecule has 0 bridgehead atoms. The van der Waals surface area contributed by atoms with Gasteiger partial charge in [-0.25, -0.2) is 0 Å². The number of nitriles is 1. The molecule has 0 unspecified atom stereocenters. The zero-order valence-electron chi connectivity index (χ0n) is 16.4. The molecule has 4 nitrogen and oxygen atoms in total. The molecular weight excluding hydrogens is 438 g/mol. The van der Waals surface area contributed by atoms with E-state index in [0.29, 0.717) is 6.54 Å². The van der Waals surface area contributed by atoms with Crippen molar-refractivity contribution in [2.45, 2.75) is 12.5 Å². The molecule has 150 valence electrons. The molecule has 0 aliphatic carbocycles. The summed E-state index contributed by atoms with van der Waals surface area (Å²) in [5, 5.41) is 15.6. The van der Waals surface area contributed by atoms with Crippen LogP contribution in [-0.2, 0) is 11.2 Å². The van der Waals surface area contributed by atoms with Gasteiger partial charge in [0, 0.05) is 17.2 Å². The van der Waals surface area contributed by atoms with Crippen LogP contribution in [0.4, 0.5) is 0 Å². The summed E-state index contributed by atoms with van der Waals surface area (Å²) in [6, 6.07) is 29.1. The van der Waals surface area contributed by atoms with E-state index in [9.17, 15) is 10.1 Å². The molecule has 1 amide bonds. The number of hydrogen-bond donors (Lipinski definition) is 2.